The summed E-state index contributed by atoms with van der Waals surface area (Å²) in [7, 11) is 0. The number of nitrogens with zero attached hydrogens (tertiary/aromatic N) is 2. The molecule has 0 saturated carbocycles. The van der Waals surface area contributed by atoms with Gasteiger partial charge in [0.25, 0.3) is 0 Å². The highest BCUT2D eigenvalue weighted by molar-refractivity contribution is 6.21. The van der Waals surface area contributed by atoms with E-state index in [-0.39, 0.29) is 0 Å². The molecule has 0 fully saturated rings. The second-order valence-electron chi connectivity index (χ2n) is 11.6. The molecule has 210 valence electrons. The maximum Gasteiger partial charge on any atom is 0.0541 e. The summed E-state index contributed by atoms with van der Waals surface area (Å²) in [4.78, 5) is 4.22. The molecular formula is C43H28N2. The summed E-state index contributed by atoms with van der Waals surface area (Å²) in [5.41, 5.74) is 10.9. The van der Waals surface area contributed by atoms with E-state index in [9.17, 15) is 0 Å². The predicted molar refractivity (Wildman–Crippen MR) is 190 cm³/mol. The van der Waals surface area contributed by atoms with Gasteiger partial charge in [0.1, 0.15) is 0 Å². The van der Waals surface area contributed by atoms with E-state index in [1.165, 1.54) is 76.7 Å². The second-order valence-corrected chi connectivity index (χ2v) is 11.6. The Balaban J connectivity index is 1.31. The Bertz CT molecular complexity index is 2430. The van der Waals surface area contributed by atoms with Gasteiger partial charge in [-0.2, -0.15) is 0 Å². The van der Waals surface area contributed by atoms with E-state index in [1.54, 1.807) is 0 Å². The monoisotopic (exact) mass is 572 g/mol. The molecule has 2 aromatic heterocycles. The van der Waals surface area contributed by atoms with Crippen LogP contribution in [-0.2, 0) is 0 Å². The first-order chi connectivity index (χ1) is 22.3. The largest absolute Gasteiger partial charge is 0.309 e. The summed E-state index contributed by atoms with van der Waals surface area (Å²) in [6.07, 6.45) is 3.71. The first kappa shape index (κ1) is 25.5. The van der Waals surface area contributed by atoms with Crippen molar-refractivity contribution in [2.45, 2.75) is 0 Å². The lowest BCUT2D eigenvalue weighted by Crippen LogP contribution is -1.95. The molecule has 2 heteroatoms. The first-order valence-corrected chi connectivity index (χ1v) is 15.4. The van der Waals surface area contributed by atoms with Gasteiger partial charge >= 0.3 is 0 Å². The van der Waals surface area contributed by atoms with Gasteiger partial charge in [0.15, 0.2) is 0 Å². The Kier molecular flexibility index (Phi) is 5.85. The van der Waals surface area contributed by atoms with Crippen molar-refractivity contribution in [2.24, 2.45) is 0 Å². The molecule has 0 amide bonds. The Morgan fingerprint density at radius 3 is 1.33 bits per heavy atom. The Hall–Kier alpha value is -5.99. The minimum atomic E-state index is 1.16. The van der Waals surface area contributed by atoms with Gasteiger partial charge in [-0.25, -0.2) is 0 Å². The number of hydrogen-bond acceptors (Lipinski definition) is 1. The summed E-state index contributed by atoms with van der Waals surface area (Å²) in [5, 5.41) is 7.54. The number of hydrogen-bond donors (Lipinski definition) is 0. The van der Waals surface area contributed by atoms with Crippen molar-refractivity contribution in [1.29, 1.82) is 0 Å². The van der Waals surface area contributed by atoms with E-state index >= 15 is 0 Å². The molecule has 0 bridgehead atoms. The molecule has 9 rings (SSSR count). The smallest absolute Gasteiger partial charge is 0.0541 e. The van der Waals surface area contributed by atoms with E-state index in [0.29, 0.717) is 0 Å². The van der Waals surface area contributed by atoms with Gasteiger partial charge in [0.05, 0.1) is 11.0 Å². The number of fused-ring (bicyclic) bond motifs is 5. The molecule has 0 aliphatic heterocycles. The molecule has 0 aliphatic rings. The number of aromatic nitrogens is 2. The molecule has 0 saturated heterocycles. The van der Waals surface area contributed by atoms with Crippen LogP contribution < -0.4 is 0 Å². The maximum atomic E-state index is 4.22. The summed E-state index contributed by atoms with van der Waals surface area (Å²) in [6.45, 7) is 0. The van der Waals surface area contributed by atoms with Gasteiger partial charge in [-0.15, -0.1) is 0 Å². The fraction of sp³-hybridized carbons (Fsp3) is 0. The van der Waals surface area contributed by atoms with Crippen molar-refractivity contribution in [3.8, 4) is 39.1 Å². The van der Waals surface area contributed by atoms with Crippen molar-refractivity contribution in [1.82, 2.24) is 9.55 Å². The number of rotatable bonds is 4. The number of pyridine rings is 1. The van der Waals surface area contributed by atoms with Gasteiger partial charge in [-0.1, -0.05) is 115 Å². The van der Waals surface area contributed by atoms with E-state index in [2.05, 4.69) is 167 Å². The predicted octanol–water partition coefficient (Wildman–Crippen LogP) is 11.5. The third kappa shape index (κ3) is 4.07. The van der Waals surface area contributed by atoms with Gasteiger partial charge in [0.2, 0.25) is 0 Å². The highest BCUT2D eigenvalue weighted by Crippen LogP contribution is 2.44. The summed E-state index contributed by atoms with van der Waals surface area (Å²) in [6, 6.07) is 57.2. The minimum absolute atomic E-state index is 1.16. The Morgan fingerprint density at radius 1 is 0.333 bits per heavy atom. The molecular weight excluding hydrogens is 544 g/mol. The third-order valence-corrected chi connectivity index (χ3v) is 9.07. The Labute approximate surface area is 261 Å². The van der Waals surface area contributed by atoms with Crippen LogP contribution in [0.5, 0.6) is 0 Å². The van der Waals surface area contributed by atoms with Crippen LogP contribution >= 0.6 is 0 Å². The standard InChI is InChI=1S/C43H28N2/c1-3-19-38-36(17-1)42(31-12-9-11-30(27-31)29-23-25-44-26-24-29)37-18-2-4-20-39(37)43(38)32-13-10-14-33(28-32)45-40-21-7-5-15-34(40)35-16-6-8-22-41(35)45/h1-28H. The van der Waals surface area contributed by atoms with Crippen LogP contribution in [0.2, 0.25) is 0 Å². The minimum Gasteiger partial charge on any atom is -0.309 e. The molecule has 45 heavy (non-hydrogen) atoms. The van der Waals surface area contributed by atoms with Crippen LogP contribution in [0.15, 0.2) is 170 Å². The van der Waals surface area contributed by atoms with Crippen molar-refractivity contribution in [3.05, 3.63) is 170 Å². The average Bonchev–Trinajstić information content (AvgIpc) is 3.45. The fourth-order valence-corrected chi connectivity index (χ4v) is 7.15. The highest BCUT2D eigenvalue weighted by Gasteiger charge is 2.18. The molecule has 0 N–H and O–H groups in total. The average molecular weight is 573 g/mol. The van der Waals surface area contributed by atoms with Crippen LogP contribution in [0.3, 0.4) is 0 Å². The van der Waals surface area contributed by atoms with E-state index in [4.69, 9.17) is 0 Å². The number of para-hydroxylation sites is 2. The van der Waals surface area contributed by atoms with Gasteiger partial charge in [-0.3, -0.25) is 4.98 Å². The summed E-state index contributed by atoms with van der Waals surface area (Å²) in [5.74, 6) is 0. The van der Waals surface area contributed by atoms with Crippen molar-refractivity contribution < 1.29 is 0 Å². The SMILES string of the molecule is c1cc(-c2ccncc2)cc(-c2c3ccccc3c(-c3cccc(-n4c5ccccc5c5ccccc54)c3)c3ccccc23)c1. The summed E-state index contributed by atoms with van der Waals surface area (Å²) >= 11 is 0. The van der Waals surface area contributed by atoms with Gasteiger partial charge in [0, 0.05) is 28.9 Å². The van der Waals surface area contributed by atoms with Gasteiger partial charge < -0.3 is 4.57 Å². The zero-order valence-corrected chi connectivity index (χ0v) is 24.6. The molecule has 0 atom stereocenters. The molecule has 0 unspecified atom stereocenters. The van der Waals surface area contributed by atoms with E-state index in [0.717, 1.165) is 5.69 Å². The van der Waals surface area contributed by atoms with Crippen molar-refractivity contribution >= 4 is 43.4 Å². The Morgan fingerprint density at radius 2 is 0.778 bits per heavy atom. The topological polar surface area (TPSA) is 17.8 Å². The zero-order valence-electron chi connectivity index (χ0n) is 24.6. The van der Waals surface area contributed by atoms with Crippen LogP contribution in [0.4, 0.5) is 0 Å². The van der Waals surface area contributed by atoms with Crippen LogP contribution in [0.25, 0.3) is 82.4 Å². The molecule has 2 heterocycles. The van der Waals surface area contributed by atoms with Crippen LogP contribution in [0, 0.1) is 0 Å². The van der Waals surface area contributed by atoms with Crippen LogP contribution in [0.1, 0.15) is 0 Å². The molecule has 0 aliphatic carbocycles. The lowest BCUT2D eigenvalue weighted by atomic mass is 9.85. The molecule has 9 aromatic rings. The lowest BCUT2D eigenvalue weighted by molar-refractivity contribution is 1.18. The molecule has 0 spiro atoms. The molecule has 0 radical (unpaired) electrons. The summed E-state index contributed by atoms with van der Waals surface area (Å²) < 4.78 is 2.40. The highest BCUT2D eigenvalue weighted by atomic mass is 15.0. The second kappa shape index (κ2) is 10.3. The molecule has 2 nitrogen and oxygen atoms in total. The van der Waals surface area contributed by atoms with Crippen molar-refractivity contribution in [2.75, 3.05) is 0 Å². The quantitative estimate of drug-likeness (QED) is 0.192. The van der Waals surface area contributed by atoms with Crippen molar-refractivity contribution in [3.63, 3.8) is 0 Å². The van der Waals surface area contributed by atoms with Gasteiger partial charge in [-0.05, 0) is 97.4 Å². The lowest BCUT2D eigenvalue weighted by Gasteiger charge is -2.19. The fourth-order valence-electron chi connectivity index (χ4n) is 7.15. The number of benzene rings is 7. The third-order valence-electron chi connectivity index (χ3n) is 9.07. The first-order valence-electron chi connectivity index (χ1n) is 15.4. The normalized spacial score (nSPS) is 11.6. The van der Waals surface area contributed by atoms with E-state index < -0.39 is 0 Å². The van der Waals surface area contributed by atoms with E-state index in [1.807, 2.05) is 12.4 Å². The maximum absolute atomic E-state index is 4.22. The van der Waals surface area contributed by atoms with Crippen LogP contribution in [-0.4, -0.2) is 9.55 Å². The zero-order chi connectivity index (χ0) is 29.7. The molecule has 7 aromatic carbocycles.